The zero-order valence-electron chi connectivity index (χ0n) is 17.1. The molecule has 0 radical (unpaired) electrons. The van der Waals surface area contributed by atoms with Crippen LogP contribution in [-0.2, 0) is 11.0 Å². The van der Waals surface area contributed by atoms with Crippen LogP contribution < -0.4 is 0 Å². The van der Waals surface area contributed by atoms with Gasteiger partial charge in [0.05, 0.1) is 16.6 Å². The van der Waals surface area contributed by atoms with Crippen LogP contribution in [0.1, 0.15) is 59.8 Å². The summed E-state index contributed by atoms with van der Waals surface area (Å²) in [5.74, 6) is -0.860. The van der Waals surface area contributed by atoms with Gasteiger partial charge < -0.3 is 14.9 Å². The van der Waals surface area contributed by atoms with Gasteiger partial charge in [0.25, 0.3) is 5.91 Å². The number of rotatable bonds is 3. The standard InChI is InChI=1S/C21H22ClF3N4O3/c22-18-15-7-12(11-1-2-11)8-16(21(23,24)25)29(15)26-19(18)20(32)27-5-6-28(17(31)10-27)13-3-4-14(30)9-13/h7-8,11,13-14,30H,1-6,9-10H2. The third-order valence-corrected chi connectivity index (χ3v) is 6.97. The number of alkyl halides is 3. The Balaban J connectivity index is 1.43. The summed E-state index contributed by atoms with van der Waals surface area (Å²) in [6.45, 7) is 0.322. The van der Waals surface area contributed by atoms with Gasteiger partial charge in [-0.1, -0.05) is 11.6 Å². The predicted octanol–water partition coefficient (Wildman–Crippen LogP) is 3.08. The monoisotopic (exact) mass is 470 g/mol. The van der Waals surface area contributed by atoms with Gasteiger partial charge in [-0.25, -0.2) is 4.52 Å². The minimum absolute atomic E-state index is 0.0386. The fourth-order valence-corrected chi connectivity index (χ4v) is 5.00. The van der Waals surface area contributed by atoms with E-state index in [0.29, 0.717) is 35.9 Å². The number of hydrogen-bond donors (Lipinski definition) is 1. The van der Waals surface area contributed by atoms with Crippen LogP contribution in [0.5, 0.6) is 0 Å². The smallest absolute Gasteiger partial charge is 0.393 e. The average molecular weight is 471 g/mol. The number of nitrogens with zero attached hydrogens (tertiary/aromatic N) is 4. The van der Waals surface area contributed by atoms with E-state index in [2.05, 4.69) is 5.10 Å². The van der Waals surface area contributed by atoms with Crippen LogP contribution in [0.4, 0.5) is 13.2 Å². The fraction of sp³-hybridized carbons (Fsp3) is 0.571. The van der Waals surface area contributed by atoms with Crippen molar-refractivity contribution in [2.75, 3.05) is 19.6 Å². The second-order valence-electron chi connectivity index (χ2n) is 8.84. The fourth-order valence-electron chi connectivity index (χ4n) is 4.74. The number of pyridine rings is 1. The highest BCUT2D eigenvalue weighted by Crippen LogP contribution is 2.43. The molecule has 2 saturated carbocycles. The van der Waals surface area contributed by atoms with Crippen molar-refractivity contribution in [3.05, 3.63) is 34.1 Å². The Labute approximate surface area is 186 Å². The Morgan fingerprint density at radius 3 is 2.50 bits per heavy atom. The molecule has 2 aromatic rings. The van der Waals surface area contributed by atoms with E-state index in [4.69, 9.17) is 11.6 Å². The molecule has 11 heteroatoms. The van der Waals surface area contributed by atoms with E-state index in [-0.39, 0.29) is 47.2 Å². The van der Waals surface area contributed by atoms with Gasteiger partial charge in [-0.3, -0.25) is 9.59 Å². The molecular formula is C21H22ClF3N4O3. The summed E-state index contributed by atoms with van der Waals surface area (Å²) in [6, 6.07) is 2.58. The average Bonchev–Trinajstić information content (AvgIpc) is 3.42. The summed E-state index contributed by atoms with van der Waals surface area (Å²) in [5, 5.41) is 13.5. The quantitative estimate of drug-likeness (QED) is 0.748. The number of aliphatic hydroxyl groups excluding tert-OH is 1. The number of hydrogen-bond acceptors (Lipinski definition) is 4. The lowest BCUT2D eigenvalue weighted by molar-refractivity contribution is -0.142. The van der Waals surface area contributed by atoms with Crippen LogP contribution in [0.3, 0.4) is 0 Å². The van der Waals surface area contributed by atoms with Crippen molar-refractivity contribution < 1.29 is 27.9 Å². The van der Waals surface area contributed by atoms with Crippen LogP contribution in [0.15, 0.2) is 12.1 Å². The van der Waals surface area contributed by atoms with Gasteiger partial charge in [-0.2, -0.15) is 18.3 Å². The Hall–Kier alpha value is -2.33. The maximum atomic E-state index is 13.7. The zero-order valence-corrected chi connectivity index (χ0v) is 17.9. The Kier molecular flexibility index (Phi) is 5.12. The molecule has 2 aliphatic carbocycles. The van der Waals surface area contributed by atoms with Crippen LogP contribution in [-0.4, -0.2) is 68.1 Å². The molecule has 1 aliphatic heterocycles. The van der Waals surface area contributed by atoms with Crippen molar-refractivity contribution >= 4 is 28.9 Å². The number of fused-ring (bicyclic) bond motifs is 1. The summed E-state index contributed by atoms with van der Waals surface area (Å²) in [4.78, 5) is 28.7. The molecule has 3 fully saturated rings. The zero-order chi connectivity index (χ0) is 22.8. The normalized spacial score (nSPS) is 24.6. The molecule has 5 rings (SSSR count). The topological polar surface area (TPSA) is 78.2 Å². The van der Waals surface area contributed by atoms with Crippen molar-refractivity contribution in [2.24, 2.45) is 0 Å². The first-order valence-corrected chi connectivity index (χ1v) is 11.1. The summed E-state index contributed by atoms with van der Waals surface area (Å²) in [5.41, 5.74) is -0.689. The van der Waals surface area contributed by atoms with Crippen molar-refractivity contribution in [3.8, 4) is 0 Å². The van der Waals surface area contributed by atoms with E-state index in [1.54, 1.807) is 11.0 Å². The second-order valence-corrected chi connectivity index (χ2v) is 9.22. The van der Waals surface area contributed by atoms with Crippen LogP contribution >= 0.6 is 11.6 Å². The minimum Gasteiger partial charge on any atom is -0.393 e. The first-order chi connectivity index (χ1) is 15.1. The molecule has 2 atom stereocenters. The highest BCUT2D eigenvalue weighted by Gasteiger charge is 2.39. The first-order valence-electron chi connectivity index (χ1n) is 10.7. The molecule has 1 saturated heterocycles. The summed E-state index contributed by atoms with van der Waals surface area (Å²) >= 11 is 6.35. The van der Waals surface area contributed by atoms with Gasteiger partial charge in [0.15, 0.2) is 5.69 Å². The van der Waals surface area contributed by atoms with E-state index in [1.165, 1.54) is 4.90 Å². The van der Waals surface area contributed by atoms with Crippen molar-refractivity contribution in [3.63, 3.8) is 0 Å². The molecule has 32 heavy (non-hydrogen) atoms. The Morgan fingerprint density at radius 2 is 1.91 bits per heavy atom. The highest BCUT2D eigenvalue weighted by atomic mass is 35.5. The first kappa shape index (κ1) is 21.5. The van der Waals surface area contributed by atoms with Gasteiger partial charge >= 0.3 is 6.18 Å². The molecule has 2 aromatic heterocycles. The molecule has 172 valence electrons. The molecular weight excluding hydrogens is 449 g/mol. The Morgan fingerprint density at radius 1 is 1.16 bits per heavy atom. The van der Waals surface area contributed by atoms with Gasteiger partial charge in [-0.15, -0.1) is 0 Å². The van der Waals surface area contributed by atoms with Crippen molar-refractivity contribution in [2.45, 2.75) is 56.3 Å². The molecule has 0 aromatic carbocycles. The molecule has 0 spiro atoms. The van der Waals surface area contributed by atoms with Gasteiger partial charge in [0, 0.05) is 19.1 Å². The third-order valence-electron chi connectivity index (χ3n) is 6.60. The van der Waals surface area contributed by atoms with E-state index < -0.39 is 23.9 Å². The third kappa shape index (κ3) is 3.73. The van der Waals surface area contributed by atoms with Crippen LogP contribution in [0, 0.1) is 0 Å². The number of aromatic nitrogens is 2. The lowest BCUT2D eigenvalue weighted by Crippen LogP contribution is -2.55. The van der Waals surface area contributed by atoms with Gasteiger partial charge in [-0.05, 0) is 55.7 Å². The van der Waals surface area contributed by atoms with E-state index in [9.17, 15) is 27.9 Å². The van der Waals surface area contributed by atoms with Gasteiger partial charge in [0.2, 0.25) is 5.91 Å². The summed E-state index contributed by atoms with van der Waals surface area (Å²) < 4.78 is 41.7. The van der Waals surface area contributed by atoms with Crippen LogP contribution in [0.2, 0.25) is 5.02 Å². The molecule has 7 nitrogen and oxygen atoms in total. The maximum absolute atomic E-state index is 13.7. The Bertz CT molecular complexity index is 1100. The lowest BCUT2D eigenvalue weighted by Gasteiger charge is -2.37. The largest absolute Gasteiger partial charge is 0.433 e. The molecule has 1 N–H and O–H groups in total. The summed E-state index contributed by atoms with van der Waals surface area (Å²) in [6.07, 6.45) is -1.59. The second kappa shape index (κ2) is 7.62. The molecule has 2 unspecified atom stereocenters. The van der Waals surface area contributed by atoms with Crippen LogP contribution in [0.25, 0.3) is 5.52 Å². The SMILES string of the molecule is O=C(c1nn2c(C(F)(F)F)cc(C3CC3)cc2c1Cl)N1CCN(C2CCC(O)C2)C(=O)C1. The van der Waals surface area contributed by atoms with Crippen molar-refractivity contribution in [1.29, 1.82) is 0 Å². The van der Waals surface area contributed by atoms with Gasteiger partial charge in [0.1, 0.15) is 12.2 Å². The molecule has 0 bridgehead atoms. The number of carbonyl (C=O) groups excluding carboxylic acids is 2. The molecule has 3 aliphatic rings. The van der Waals surface area contributed by atoms with E-state index in [1.807, 2.05) is 0 Å². The number of carbonyl (C=O) groups is 2. The van der Waals surface area contributed by atoms with Crippen molar-refractivity contribution in [1.82, 2.24) is 19.4 Å². The minimum atomic E-state index is -4.66. The van der Waals surface area contributed by atoms with E-state index >= 15 is 0 Å². The summed E-state index contributed by atoms with van der Waals surface area (Å²) in [7, 11) is 0. The highest BCUT2D eigenvalue weighted by molar-refractivity contribution is 6.36. The molecule has 2 amide bonds. The number of halogens is 4. The molecule has 3 heterocycles. The number of piperazine rings is 1. The predicted molar refractivity (Wildman–Crippen MR) is 108 cm³/mol. The lowest BCUT2D eigenvalue weighted by atomic mass is 10.1. The van der Waals surface area contributed by atoms with E-state index in [0.717, 1.165) is 18.9 Å². The number of amides is 2. The number of aliphatic hydroxyl groups is 1. The maximum Gasteiger partial charge on any atom is 0.433 e.